The average Bonchev–Trinajstić information content (AvgIpc) is 2.40. The summed E-state index contributed by atoms with van der Waals surface area (Å²) in [6.45, 7) is 0. The van der Waals surface area contributed by atoms with Crippen LogP contribution in [-0.4, -0.2) is 9.97 Å². The number of aromatic nitrogens is 2. The molecule has 3 aromatic rings. The number of hydrogen-bond acceptors (Lipinski definition) is 2. The number of nitrogens with zero attached hydrogens (tertiary/aromatic N) is 2. The first-order valence-corrected chi connectivity index (χ1v) is 5.66. The van der Waals surface area contributed by atoms with Gasteiger partial charge in [0.1, 0.15) is 0 Å². The Morgan fingerprint density at radius 1 is 0.778 bits per heavy atom. The van der Waals surface area contributed by atoms with Crippen LogP contribution < -0.4 is 0 Å². The molecule has 0 bridgehead atoms. The second kappa shape index (κ2) is 5.61. The molecule has 0 radical (unpaired) electrons. The maximum Gasteiger partial charge on any atom is 0.0541 e. The first-order chi connectivity index (χ1) is 8.43. The lowest BCUT2D eigenvalue weighted by Gasteiger charge is -2.04. The van der Waals surface area contributed by atoms with E-state index in [1.807, 2.05) is 48.8 Å². The number of fused-ring (bicyclic) bond motifs is 1. The van der Waals surface area contributed by atoms with Crippen molar-refractivity contribution in [3.05, 3.63) is 72.3 Å². The second-order valence-corrected chi connectivity index (χ2v) is 3.98. The van der Waals surface area contributed by atoms with Crippen LogP contribution in [-0.2, 0) is 6.42 Å². The Balaban J connectivity index is 0.00000120. The van der Waals surface area contributed by atoms with Crippen molar-refractivity contribution in [2.75, 3.05) is 0 Å². The zero-order chi connectivity index (χ0) is 11.5. The highest BCUT2D eigenvalue weighted by Crippen LogP contribution is 2.18. The molecule has 0 saturated carbocycles. The molecule has 0 spiro atoms. The summed E-state index contributed by atoms with van der Waals surface area (Å²) >= 11 is 0. The van der Waals surface area contributed by atoms with E-state index in [-0.39, 0.29) is 12.4 Å². The first kappa shape index (κ1) is 12.5. The number of pyridine rings is 2. The van der Waals surface area contributed by atoms with E-state index in [9.17, 15) is 0 Å². The van der Waals surface area contributed by atoms with E-state index >= 15 is 0 Å². The Labute approximate surface area is 112 Å². The minimum atomic E-state index is 0. The lowest BCUT2D eigenvalue weighted by Crippen LogP contribution is -1.95. The number of benzene rings is 1. The molecule has 0 unspecified atom stereocenters. The third-order valence-electron chi connectivity index (χ3n) is 2.83. The zero-order valence-electron chi connectivity index (χ0n) is 9.78. The predicted octanol–water partition coefficient (Wildman–Crippen LogP) is 3.64. The van der Waals surface area contributed by atoms with Crippen LogP contribution in [0.3, 0.4) is 0 Å². The zero-order valence-corrected chi connectivity index (χ0v) is 10.6. The molecule has 3 rings (SSSR count). The van der Waals surface area contributed by atoms with E-state index in [2.05, 4.69) is 22.1 Å². The molecule has 0 amide bonds. The van der Waals surface area contributed by atoms with Gasteiger partial charge < -0.3 is 0 Å². The second-order valence-electron chi connectivity index (χ2n) is 3.98. The van der Waals surface area contributed by atoms with Gasteiger partial charge in [-0.25, -0.2) is 0 Å². The molecule has 0 atom stereocenters. The molecule has 0 aliphatic rings. The van der Waals surface area contributed by atoms with Gasteiger partial charge in [0.15, 0.2) is 0 Å². The van der Waals surface area contributed by atoms with Crippen LogP contribution in [0.5, 0.6) is 0 Å². The van der Waals surface area contributed by atoms with E-state index in [0.717, 1.165) is 17.8 Å². The van der Waals surface area contributed by atoms with Gasteiger partial charge in [0.25, 0.3) is 0 Å². The van der Waals surface area contributed by atoms with Gasteiger partial charge in [0.2, 0.25) is 0 Å². The summed E-state index contributed by atoms with van der Waals surface area (Å²) in [6, 6.07) is 16.3. The van der Waals surface area contributed by atoms with E-state index in [1.165, 1.54) is 10.8 Å². The molecular weight excluding hydrogens is 244 g/mol. The summed E-state index contributed by atoms with van der Waals surface area (Å²) in [6.07, 6.45) is 4.46. The molecule has 0 saturated heterocycles. The van der Waals surface area contributed by atoms with Crippen LogP contribution in [0.4, 0.5) is 0 Å². The standard InChI is InChI=1S/C15H12N2.ClH/c1-2-7-14-12(5-1)8-10-17-15(14)11-13-6-3-4-9-16-13;/h1-10H,11H2;1H. The molecular formula is C15H13ClN2. The molecule has 2 heterocycles. The van der Waals surface area contributed by atoms with E-state index < -0.39 is 0 Å². The molecule has 3 heteroatoms. The predicted molar refractivity (Wildman–Crippen MR) is 76.0 cm³/mol. The Morgan fingerprint density at radius 2 is 1.61 bits per heavy atom. The summed E-state index contributed by atoms with van der Waals surface area (Å²) in [4.78, 5) is 8.80. The van der Waals surface area contributed by atoms with Crippen molar-refractivity contribution >= 4 is 23.2 Å². The molecule has 2 aromatic heterocycles. The lowest BCUT2D eigenvalue weighted by atomic mass is 10.1. The highest BCUT2D eigenvalue weighted by atomic mass is 35.5. The molecule has 90 valence electrons. The highest BCUT2D eigenvalue weighted by molar-refractivity contribution is 5.85. The quantitative estimate of drug-likeness (QED) is 0.700. The molecule has 0 N–H and O–H groups in total. The van der Waals surface area contributed by atoms with Crippen molar-refractivity contribution in [1.82, 2.24) is 9.97 Å². The summed E-state index contributed by atoms with van der Waals surface area (Å²) in [5, 5.41) is 2.44. The lowest BCUT2D eigenvalue weighted by molar-refractivity contribution is 1.03. The average molecular weight is 257 g/mol. The van der Waals surface area contributed by atoms with Crippen LogP contribution in [0.25, 0.3) is 10.8 Å². The molecule has 0 aliphatic heterocycles. The fourth-order valence-corrected chi connectivity index (χ4v) is 2.00. The van der Waals surface area contributed by atoms with Gasteiger partial charge in [0.05, 0.1) is 5.69 Å². The van der Waals surface area contributed by atoms with E-state index in [4.69, 9.17) is 0 Å². The Kier molecular flexibility index (Phi) is 3.90. The fourth-order valence-electron chi connectivity index (χ4n) is 2.00. The maximum absolute atomic E-state index is 4.46. The summed E-state index contributed by atoms with van der Waals surface area (Å²) in [5.41, 5.74) is 2.14. The third kappa shape index (κ3) is 2.49. The minimum Gasteiger partial charge on any atom is -0.261 e. The Morgan fingerprint density at radius 3 is 2.44 bits per heavy atom. The molecule has 0 fully saturated rings. The van der Waals surface area contributed by atoms with Gasteiger partial charge in [-0.15, -0.1) is 12.4 Å². The summed E-state index contributed by atoms with van der Waals surface area (Å²) in [5.74, 6) is 0. The fraction of sp³-hybridized carbons (Fsp3) is 0.0667. The summed E-state index contributed by atoms with van der Waals surface area (Å²) < 4.78 is 0. The number of halogens is 1. The van der Waals surface area contributed by atoms with Crippen molar-refractivity contribution in [3.8, 4) is 0 Å². The van der Waals surface area contributed by atoms with Crippen LogP contribution in [0.1, 0.15) is 11.4 Å². The van der Waals surface area contributed by atoms with Crippen LogP contribution in [0.2, 0.25) is 0 Å². The number of hydrogen-bond donors (Lipinski definition) is 0. The maximum atomic E-state index is 4.46. The molecule has 18 heavy (non-hydrogen) atoms. The SMILES string of the molecule is Cl.c1ccc(Cc2nccc3ccccc23)nc1. The van der Waals surface area contributed by atoms with Gasteiger partial charge in [-0.2, -0.15) is 0 Å². The van der Waals surface area contributed by atoms with E-state index in [0.29, 0.717) is 0 Å². The van der Waals surface area contributed by atoms with Crippen molar-refractivity contribution in [2.45, 2.75) is 6.42 Å². The Hall–Kier alpha value is -1.93. The van der Waals surface area contributed by atoms with E-state index in [1.54, 1.807) is 0 Å². The van der Waals surface area contributed by atoms with Gasteiger partial charge in [-0.1, -0.05) is 30.3 Å². The van der Waals surface area contributed by atoms with Crippen LogP contribution in [0.15, 0.2) is 60.9 Å². The first-order valence-electron chi connectivity index (χ1n) is 5.66. The smallest absolute Gasteiger partial charge is 0.0541 e. The topological polar surface area (TPSA) is 25.8 Å². The van der Waals surface area contributed by atoms with Gasteiger partial charge in [-0.3, -0.25) is 9.97 Å². The van der Waals surface area contributed by atoms with Gasteiger partial charge >= 0.3 is 0 Å². The van der Waals surface area contributed by atoms with Crippen molar-refractivity contribution in [3.63, 3.8) is 0 Å². The largest absolute Gasteiger partial charge is 0.261 e. The monoisotopic (exact) mass is 256 g/mol. The summed E-state index contributed by atoms with van der Waals surface area (Å²) in [7, 11) is 0. The molecule has 2 nitrogen and oxygen atoms in total. The highest BCUT2D eigenvalue weighted by Gasteiger charge is 2.03. The third-order valence-corrected chi connectivity index (χ3v) is 2.83. The van der Waals surface area contributed by atoms with Gasteiger partial charge in [-0.05, 0) is 23.6 Å². The van der Waals surface area contributed by atoms with Crippen molar-refractivity contribution in [2.24, 2.45) is 0 Å². The van der Waals surface area contributed by atoms with Crippen molar-refractivity contribution < 1.29 is 0 Å². The number of rotatable bonds is 2. The molecule has 0 aliphatic carbocycles. The minimum absolute atomic E-state index is 0. The Bertz CT molecular complexity index is 633. The van der Waals surface area contributed by atoms with Gasteiger partial charge in [0, 0.05) is 29.9 Å². The van der Waals surface area contributed by atoms with Crippen LogP contribution >= 0.6 is 12.4 Å². The van der Waals surface area contributed by atoms with Crippen LogP contribution in [0, 0.1) is 0 Å². The normalized spacial score (nSPS) is 10.0. The molecule has 1 aromatic carbocycles. The van der Waals surface area contributed by atoms with Crippen molar-refractivity contribution in [1.29, 1.82) is 0 Å².